The molecule has 0 amide bonds. The first-order valence-electron chi connectivity index (χ1n) is 5.36. The van der Waals surface area contributed by atoms with Gasteiger partial charge in [0, 0.05) is 18.3 Å². The van der Waals surface area contributed by atoms with Gasteiger partial charge in [-0.25, -0.2) is 0 Å². The van der Waals surface area contributed by atoms with E-state index in [4.69, 9.17) is 0 Å². The van der Waals surface area contributed by atoms with Crippen molar-refractivity contribution in [1.29, 1.82) is 0 Å². The Balaban J connectivity index is 2.06. The minimum atomic E-state index is 0.786. The molecular weight excluding hydrogens is 180 g/mol. The van der Waals surface area contributed by atoms with Gasteiger partial charge in [-0.3, -0.25) is 0 Å². The Morgan fingerprint density at radius 3 is 2.62 bits per heavy atom. The Labute approximate surface area is 86.2 Å². The van der Waals surface area contributed by atoms with Crippen LogP contribution in [0.15, 0.2) is 0 Å². The maximum Gasteiger partial charge on any atom is 0.00683 e. The van der Waals surface area contributed by atoms with Gasteiger partial charge in [-0.2, -0.15) is 11.8 Å². The predicted molar refractivity (Wildman–Crippen MR) is 61.5 cm³/mol. The summed E-state index contributed by atoms with van der Waals surface area (Å²) in [5, 5.41) is 7.08. The van der Waals surface area contributed by atoms with Gasteiger partial charge in [0.25, 0.3) is 0 Å². The molecule has 0 aliphatic carbocycles. The smallest absolute Gasteiger partial charge is 0.00683 e. The summed E-state index contributed by atoms with van der Waals surface area (Å²) in [6.07, 6.45) is 7.53. The van der Waals surface area contributed by atoms with Crippen molar-refractivity contribution in [3.63, 3.8) is 0 Å². The average molecular weight is 202 g/mol. The molecule has 0 saturated carbocycles. The lowest BCUT2D eigenvalue weighted by atomic mass is 10.0. The Morgan fingerprint density at radius 1 is 1.31 bits per heavy atom. The van der Waals surface area contributed by atoms with Crippen molar-refractivity contribution in [3.8, 4) is 0 Å². The molecule has 0 aromatic carbocycles. The van der Waals surface area contributed by atoms with Crippen molar-refractivity contribution in [3.05, 3.63) is 0 Å². The number of rotatable bonds is 4. The molecular formula is C10H22N2S. The van der Waals surface area contributed by atoms with Gasteiger partial charge in [-0.05, 0) is 45.0 Å². The van der Waals surface area contributed by atoms with E-state index in [2.05, 4.69) is 16.9 Å². The Hall–Kier alpha value is 0.270. The van der Waals surface area contributed by atoms with Crippen LogP contribution in [0.1, 0.15) is 25.7 Å². The van der Waals surface area contributed by atoms with Gasteiger partial charge in [0.05, 0.1) is 0 Å². The van der Waals surface area contributed by atoms with Crippen molar-refractivity contribution in [2.75, 3.05) is 31.6 Å². The summed E-state index contributed by atoms with van der Waals surface area (Å²) in [6, 6.07) is 0.786. The van der Waals surface area contributed by atoms with E-state index < -0.39 is 0 Å². The van der Waals surface area contributed by atoms with E-state index in [-0.39, 0.29) is 0 Å². The van der Waals surface area contributed by atoms with Crippen molar-refractivity contribution in [2.45, 2.75) is 31.7 Å². The molecule has 1 aliphatic rings. The molecule has 1 aliphatic heterocycles. The normalized spacial score (nSPS) is 21.0. The largest absolute Gasteiger partial charge is 0.317 e. The molecule has 13 heavy (non-hydrogen) atoms. The van der Waals surface area contributed by atoms with E-state index in [1.807, 2.05) is 11.8 Å². The molecule has 0 atom stereocenters. The topological polar surface area (TPSA) is 24.1 Å². The van der Waals surface area contributed by atoms with Crippen LogP contribution >= 0.6 is 11.8 Å². The Morgan fingerprint density at radius 2 is 2.00 bits per heavy atom. The quantitative estimate of drug-likeness (QED) is 0.675. The maximum atomic E-state index is 3.64. The highest BCUT2D eigenvalue weighted by molar-refractivity contribution is 7.98. The molecule has 1 heterocycles. The van der Waals surface area contributed by atoms with E-state index in [0.717, 1.165) is 6.04 Å². The molecule has 0 aromatic heterocycles. The van der Waals surface area contributed by atoms with Gasteiger partial charge < -0.3 is 10.6 Å². The van der Waals surface area contributed by atoms with Crippen LogP contribution in [0, 0.1) is 0 Å². The number of thioether (sulfide) groups is 1. The molecule has 1 saturated heterocycles. The lowest BCUT2D eigenvalue weighted by Gasteiger charge is -2.21. The van der Waals surface area contributed by atoms with Crippen LogP contribution in [0.2, 0.25) is 0 Å². The van der Waals surface area contributed by atoms with Crippen LogP contribution in [0.5, 0.6) is 0 Å². The molecule has 2 nitrogen and oxygen atoms in total. The Bertz CT molecular complexity index is 111. The first kappa shape index (κ1) is 11.3. The molecule has 1 fully saturated rings. The molecule has 1 rings (SSSR count). The van der Waals surface area contributed by atoms with Gasteiger partial charge >= 0.3 is 0 Å². The standard InChI is InChI=1S/C10H22N2S/c1-13-9-8-12-10-4-2-6-11-7-3-5-10/h10-12H,2-9H2,1H3. The maximum absolute atomic E-state index is 3.64. The van der Waals surface area contributed by atoms with Crippen molar-refractivity contribution < 1.29 is 0 Å². The molecule has 0 bridgehead atoms. The summed E-state index contributed by atoms with van der Waals surface area (Å²) in [5.41, 5.74) is 0. The van der Waals surface area contributed by atoms with Crippen molar-refractivity contribution in [2.24, 2.45) is 0 Å². The summed E-state index contributed by atoms with van der Waals surface area (Å²) in [7, 11) is 0. The highest BCUT2D eigenvalue weighted by atomic mass is 32.2. The van der Waals surface area contributed by atoms with Gasteiger partial charge in [0.15, 0.2) is 0 Å². The third-order valence-corrected chi connectivity index (χ3v) is 3.16. The van der Waals surface area contributed by atoms with Crippen molar-refractivity contribution in [1.82, 2.24) is 10.6 Å². The fraction of sp³-hybridized carbons (Fsp3) is 1.00. The van der Waals surface area contributed by atoms with Gasteiger partial charge in [0.1, 0.15) is 0 Å². The summed E-state index contributed by atoms with van der Waals surface area (Å²) in [5.74, 6) is 1.24. The first-order chi connectivity index (χ1) is 6.43. The lowest BCUT2D eigenvalue weighted by Crippen LogP contribution is -2.34. The highest BCUT2D eigenvalue weighted by Gasteiger charge is 2.09. The summed E-state index contributed by atoms with van der Waals surface area (Å²) < 4.78 is 0. The molecule has 2 N–H and O–H groups in total. The second kappa shape index (κ2) is 7.65. The zero-order valence-electron chi connectivity index (χ0n) is 8.64. The second-order valence-electron chi connectivity index (χ2n) is 3.68. The van der Waals surface area contributed by atoms with Crippen LogP contribution < -0.4 is 10.6 Å². The zero-order valence-corrected chi connectivity index (χ0v) is 9.46. The lowest BCUT2D eigenvalue weighted by molar-refractivity contribution is 0.406. The second-order valence-corrected chi connectivity index (χ2v) is 4.66. The average Bonchev–Trinajstić information content (AvgIpc) is 2.08. The summed E-state index contributed by atoms with van der Waals surface area (Å²) >= 11 is 1.92. The highest BCUT2D eigenvalue weighted by Crippen LogP contribution is 2.07. The van der Waals surface area contributed by atoms with E-state index >= 15 is 0 Å². The van der Waals surface area contributed by atoms with Crippen LogP contribution in [0.25, 0.3) is 0 Å². The SMILES string of the molecule is CSCCNC1CCCNCCC1. The van der Waals surface area contributed by atoms with E-state index in [9.17, 15) is 0 Å². The Kier molecular flexibility index (Phi) is 6.68. The fourth-order valence-electron chi connectivity index (χ4n) is 1.79. The molecule has 0 unspecified atom stereocenters. The number of nitrogens with one attached hydrogen (secondary N) is 2. The molecule has 78 valence electrons. The fourth-order valence-corrected chi connectivity index (χ4v) is 2.11. The zero-order chi connectivity index (χ0) is 9.36. The van der Waals surface area contributed by atoms with Crippen LogP contribution in [-0.4, -0.2) is 37.7 Å². The summed E-state index contributed by atoms with van der Waals surface area (Å²) in [6.45, 7) is 3.60. The van der Waals surface area contributed by atoms with E-state index in [0.29, 0.717) is 0 Å². The third kappa shape index (κ3) is 5.55. The van der Waals surface area contributed by atoms with Crippen LogP contribution in [0.4, 0.5) is 0 Å². The predicted octanol–water partition coefficient (Wildman–Crippen LogP) is 1.47. The third-order valence-electron chi connectivity index (χ3n) is 2.55. The minimum absolute atomic E-state index is 0.786. The van der Waals surface area contributed by atoms with Crippen LogP contribution in [-0.2, 0) is 0 Å². The molecule has 0 aromatic rings. The van der Waals surface area contributed by atoms with Gasteiger partial charge in [-0.1, -0.05) is 0 Å². The van der Waals surface area contributed by atoms with E-state index in [1.54, 1.807) is 0 Å². The molecule has 0 radical (unpaired) electrons. The minimum Gasteiger partial charge on any atom is -0.317 e. The van der Waals surface area contributed by atoms with Crippen molar-refractivity contribution >= 4 is 11.8 Å². The number of hydrogen-bond acceptors (Lipinski definition) is 3. The molecule has 3 heteroatoms. The monoisotopic (exact) mass is 202 g/mol. The van der Waals surface area contributed by atoms with E-state index in [1.165, 1.54) is 51.1 Å². The first-order valence-corrected chi connectivity index (χ1v) is 6.76. The van der Waals surface area contributed by atoms with Gasteiger partial charge in [0.2, 0.25) is 0 Å². The molecule has 0 spiro atoms. The summed E-state index contributed by atoms with van der Waals surface area (Å²) in [4.78, 5) is 0. The number of hydrogen-bond donors (Lipinski definition) is 2. The van der Waals surface area contributed by atoms with Gasteiger partial charge in [-0.15, -0.1) is 0 Å². The van der Waals surface area contributed by atoms with Crippen LogP contribution in [0.3, 0.4) is 0 Å².